The number of methoxy groups -OCH3 is 2. The molecule has 1 aromatic carbocycles. The first-order chi connectivity index (χ1) is 10.8. The summed E-state index contributed by atoms with van der Waals surface area (Å²) >= 11 is 0. The molecule has 3 nitrogen and oxygen atoms in total. The number of benzene rings is 1. The predicted octanol–water partition coefficient (Wildman–Crippen LogP) is 4.26. The van der Waals surface area contributed by atoms with Crippen LogP contribution in [0.5, 0.6) is 11.5 Å². The minimum Gasteiger partial charge on any atom is -0.496 e. The molecule has 0 radical (unpaired) electrons. The Kier molecular flexibility index (Phi) is 7.68. The zero-order valence-corrected chi connectivity index (χ0v) is 14.0. The van der Waals surface area contributed by atoms with Gasteiger partial charge in [0.25, 0.3) is 0 Å². The predicted molar refractivity (Wildman–Crippen MR) is 85.1 cm³/mol. The Hall–Kier alpha value is -1.43. The SMILES string of the molecule is CCC(N)Cc1cc(OC)c(CCCCC(F)(F)F)cc1OC. The molecule has 0 fully saturated rings. The lowest BCUT2D eigenvalue weighted by Gasteiger charge is -2.17. The fourth-order valence-corrected chi connectivity index (χ4v) is 2.45. The summed E-state index contributed by atoms with van der Waals surface area (Å²) < 4.78 is 47.4. The molecule has 0 aliphatic heterocycles. The Morgan fingerprint density at radius 3 is 2.13 bits per heavy atom. The molecule has 1 aromatic rings. The summed E-state index contributed by atoms with van der Waals surface area (Å²) in [6.07, 6.45) is -2.24. The van der Waals surface area contributed by atoms with Crippen molar-refractivity contribution in [3.63, 3.8) is 0 Å². The zero-order valence-electron chi connectivity index (χ0n) is 14.0. The van der Waals surface area contributed by atoms with E-state index < -0.39 is 12.6 Å². The van der Waals surface area contributed by atoms with Crippen LogP contribution in [0.4, 0.5) is 13.2 Å². The summed E-state index contributed by atoms with van der Waals surface area (Å²) in [4.78, 5) is 0. The van der Waals surface area contributed by atoms with Gasteiger partial charge >= 0.3 is 6.18 Å². The molecule has 6 heteroatoms. The molecule has 0 aromatic heterocycles. The number of halogens is 3. The maximum Gasteiger partial charge on any atom is 0.389 e. The van der Waals surface area contributed by atoms with Crippen molar-refractivity contribution in [1.29, 1.82) is 0 Å². The van der Waals surface area contributed by atoms with E-state index in [0.29, 0.717) is 30.8 Å². The van der Waals surface area contributed by atoms with Crippen molar-refractivity contribution < 1.29 is 22.6 Å². The van der Waals surface area contributed by atoms with Crippen molar-refractivity contribution in [2.24, 2.45) is 5.73 Å². The van der Waals surface area contributed by atoms with Gasteiger partial charge in [-0.2, -0.15) is 13.2 Å². The number of unbranched alkanes of at least 4 members (excludes halogenated alkanes) is 1. The first kappa shape index (κ1) is 19.6. The highest BCUT2D eigenvalue weighted by molar-refractivity contribution is 5.47. The standard InChI is InChI=1S/C17H26F3NO2/c1-4-14(21)9-13-11-15(22-2)12(10-16(13)23-3)7-5-6-8-17(18,19)20/h10-11,14H,4-9,21H2,1-3H3. The van der Waals surface area contributed by atoms with Gasteiger partial charge in [0.15, 0.2) is 0 Å². The summed E-state index contributed by atoms with van der Waals surface area (Å²) in [5, 5.41) is 0. The Bertz CT molecular complexity index is 489. The number of rotatable bonds is 9. The lowest BCUT2D eigenvalue weighted by Crippen LogP contribution is -2.21. The molecular formula is C17H26F3NO2. The summed E-state index contributed by atoms with van der Waals surface area (Å²) in [5.74, 6) is 1.39. The second-order valence-corrected chi connectivity index (χ2v) is 5.67. The van der Waals surface area contributed by atoms with Crippen LogP contribution in [0, 0.1) is 0 Å². The molecule has 1 unspecified atom stereocenters. The van der Waals surface area contributed by atoms with Gasteiger partial charge in [0.2, 0.25) is 0 Å². The van der Waals surface area contributed by atoms with E-state index in [9.17, 15) is 13.2 Å². The van der Waals surface area contributed by atoms with E-state index in [1.165, 1.54) is 0 Å². The van der Waals surface area contributed by atoms with E-state index in [-0.39, 0.29) is 12.5 Å². The van der Waals surface area contributed by atoms with Gasteiger partial charge in [0.1, 0.15) is 11.5 Å². The molecule has 132 valence electrons. The summed E-state index contributed by atoms with van der Waals surface area (Å²) in [5.41, 5.74) is 7.81. The molecule has 0 spiro atoms. The topological polar surface area (TPSA) is 44.5 Å². The molecule has 0 aliphatic carbocycles. The average molecular weight is 333 g/mol. The maximum atomic E-state index is 12.2. The number of hydrogen-bond donors (Lipinski definition) is 1. The van der Waals surface area contributed by atoms with Gasteiger partial charge in [0.05, 0.1) is 14.2 Å². The van der Waals surface area contributed by atoms with E-state index in [1.54, 1.807) is 14.2 Å². The van der Waals surface area contributed by atoms with Crippen LogP contribution in [0.25, 0.3) is 0 Å². The summed E-state index contributed by atoms with van der Waals surface area (Å²) in [6.45, 7) is 2.02. The number of ether oxygens (including phenoxy) is 2. The third-order valence-corrected chi connectivity index (χ3v) is 3.85. The minimum absolute atomic E-state index is 0.0336. The van der Waals surface area contributed by atoms with Crippen LogP contribution in [0.1, 0.15) is 43.7 Å². The molecule has 1 rings (SSSR count). The third kappa shape index (κ3) is 6.69. The lowest BCUT2D eigenvalue weighted by atomic mass is 9.98. The molecule has 0 bridgehead atoms. The number of hydrogen-bond acceptors (Lipinski definition) is 3. The summed E-state index contributed by atoms with van der Waals surface area (Å²) in [6, 6.07) is 3.77. The molecule has 0 heterocycles. The van der Waals surface area contributed by atoms with Crippen LogP contribution >= 0.6 is 0 Å². The average Bonchev–Trinajstić information content (AvgIpc) is 2.50. The normalized spacial score (nSPS) is 13.0. The summed E-state index contributed by atoms with van der Waals surface area (Å²) in [7, 11) is 3.14. The van der Waals surface area contributed by atoms with Crippen LogP contribution in [-0.2, 0) is 12.8 Å². The first-order valence-electron chi connectivity index (χ1n) is 7.86. The fraction of sp³-hybridized carbons (Fsp3) is 0.647. The smallest absolute Gasteiger partial charge is 0.389 e. The van der Waals surface area contributed by atoms with Gasteiger partial charge in [0, 0.05) is 12.5 Å². The van der Waals surface area contributed by atoms with Gasteiger partial charge in [-0.1, -0.05) is 6.92 Å². The molecule has 1 atom stereocenters. The highest BCUT2D eigenvalue weighted by Gasteiger charge is 2.26. The molecule has 0 saturated heterocycles. The Morgan fingerprint density at radius 1 is 1.04 bits per heavy atom. The second kappa shape index (κ2) is 9.01. The maximum absolute atomic E-state index is 12.2. The van der Waals surface area contributed by atoms with Crippen molar-refractivity contribution in [2.75, 3.05) is 14.2 Å². The van der Waals surface area contributed by atoms with Gasteiger partial charge in [-0.25, -0.2) is 0 Å². The molecule has 23 heavy (non-hydrogen) atoms. The van der Waals surface area contributed by atoms with Crippen LogP contribution in [0.2, 0.25) is 0 Å². The van der Waals surface area contributed by atoms with Gasteiger partial charge in [-0.3, -0.25) is 0 Å². The van der Waals surface area contributed by atoms with E-state index in [2.05, 4.69) is 0 Å². The van der Waals surface area contributed by atoms with Crippen LogP contribution in [0.3, 0.4) is 0 Å². The number of nitrogens with two attached hydrogens (primary N) is 1. The first-order valence-corrected chi connectivity index (χ1v) is 7.86. The molecule has 2 N–H and O–H groups in total. The van der Waals surface area contributed by atoms with E-state index in [0.717, 1.165) is 17.5 Å². The lowest BCUT2D eigenvalue weighted by molar-refractivity contribution is -0.135. The van der Waals surface area contributed by atoms with Crippen molar-refractivity contribution in [3.05, 3.63) is 23.3 Å². The molecule has 0 aliphatic rings. The van der Waals surface area contributed by atoms with Crippen molar-refractivity contribution in [2.45, 2.75) is 57.7 Å². The van der Waals surface area contributed by atoms with Crippen LogP contribution in [0.15, 0.2) is 12.1 Å². The number of alkyl halides is 3. The van der Waals surface area contributed by atoms with Crippen molar-refractivity contribution in [1.82, 2.24) is 0 Å². The van der Waals surface area contributed by atoms with E-state index in [1.807, 2.05) is 19.1 Å². The van der Waals surface area contributed by atoms with Crippen molar-refractivity contribution in [3.8, 4) is 11.5 Å². The Balaban J connectivity index is 2.82. The van der Waals surface area contributed by atoms with Crippen LogP contribution in [-0.4, -0.2) is 26.4 Å². The van der Waals surface area contributed by atoms with Crippen LogP contribution < -0.4 is 15.2 Å². The number of aryl methyl sites for hydroxylation is 1. The van der Waals surface area contributed by atoms with Gasteiger partial charge in [-0.05, 0) is 55.4 Å². The van der Waals surface area contributed by atoms with Crippen molar-refractivity contribution >= 4 is 0 Å². The minimum atomic E-state index is -4.10. The molecule has 0 saturated carbocycles. The quantitative estimate of drug-likeness (QED) is 0.687. The zero-order chi connectivity index (χ0) is 17.5. The fourth-order valence-electron chi connectivity index (χ4n) is 2.45. The Labute approximate surface area is 136 Å². The van der Waals surface area contributed by atoms with Gasteiger partial charge in [-0.15, -0.1) is 0 Å². The van der Waals surface area contributed by atoms with E-state index in [4.69, 9.17) is 15.2 Å². The second-order valence-electron chi connectivity index (χ2n) is 5.67. The monoisotopic (exact) mass is 333 g/mol. The van der Waals surface area contributed by atoms with E-state index >= 15 is 0 Å². The Morgan fingerprint density at radius 2 is 1.61 bits per heavy atom. The largest absolute Gasteiger partial charge is 0.496 e. The molecular weight excluding hydrogens is 307 g/mol. The highest BCUT2D eigenvalue weighted by atomic mass is 19.4. The highest BCUT2D eigenvalue weighted by Crippen LogP contribution is 2.31. The third-order valence-electron chi connectivity index (χ3n) is 3.85. The van der Waals surface area contributed by atoms with Gasteiger partial charge < -0.3 is 15.2 Å². The molecule has 0 amide bonds.